The van der Waals surface area contributed by atoms with Crippen molar-refractivity contribution in [3.63, 3.8) is 0 Å². The van der Waals surface area contributed by atoms with E-state index < -0.39 is 0 Å². The summed E-state index contributed by atoms with van der Waals surface area (Å²) in [5, 5.41) is 0. The van der Waals surface area contributed by atoms with E-state index in [0.29, 0.717) is 0 Å². The van der Waals surface area contributed by atoms with Crippen LogP contribution in [-0.2, 0) is 0 Å². The molecule has 0 aromatic rings. The predicted molar refractivity (Wildman–Crippen MR) is 37.0 cm³/mol. The first-order valence-corrected chi connectivity index (χ1v) is 4.22. The minimum absolute atomic E-state index is 0.740. The maximum atomic E-state index is 2.46. The lowest BCUT2D eigenvalue weighted by atomic mass is 9.69. The van der Waals surface area contributed by atoms with Crippen LogP contribution in [0.15, 0.2) is 0 Å². The lowest BCUT2D eigenvalue weighted by Gasteiger charge is -2.36. The first kappa shape index (κ1) is 4.76. The molecule has 4 aliphatic rings. The van der Waals surface area contributed by atoms with Crippen LogP contribution in [0.4, 0.5) is 0 Å². The van der Waals surface area contributed by atoms with E-state index in [4.69, 9.17) is 0 Å². The molecule has 4 atom stereocenters. The van der Waals surface area contributed by atoms with Gasteiger partial charge >= 0.3 is 0 Å². The van der Waals surface area contributed by atoms with Gasteiger partial charge in [-0.2, -0.15) is 0 Å². The van der Waals surface area contributed by atoms with Crippen LogP contribution in [0, 0.1) is 29.1 Å². The van der Waals surface area contributed by atoms with E-state index in [1.807, 2.05) is 0 Å². The Balaban J connectivity index is 1.92. The van der Waals surface area contributed by atoms with Crippen molar-refractivity contribution in [2.75, 3.05) is 0 Å². The minimum atomic E-state index is 0.740. The average Bonchev–Trinajstić information content (AvgIpc) is 2.43. The lowest BCUT2D eigenvalue weighted by Crippen LogP contribution is -2.27. The van der Waals surface area contributed by atoms with E-state index in [9.17, 15) is 0 Å². The van der Waals surface area contributed by atoms with Crippen molar-refractivity contribution < 1.29 is 0 Å². The minimum Gasteiger partial charge on any atom is -0.0596 e. The Kier molecular flexibility index (Phi) is 0.518. The summed E-state index contributed by atoms with van der Waals surface area (Å²) in [6.07, 6.45) is 3.06. The Morgan fingerprint density at radius 3 is 2.22 bits per heavy atom. The SMILES string of the molecule is CC1(C)CCC2[C@@H]3C1[C@H]23. The molecule has 4 rings (SSSR count). The van der Waals surface area contributed by atoms with E-state index in [1.165, 1.54) is 30.1 Å². The fraction of sp³-hybridized carbons (Fsp3) is 1.00. The van der Waals surface area contributed by atoms with Crippen molar-refractivity contribution in [1.29, 1.82) is 0 Å². The molecule has 4 aliphatic carbocycles. The topological polar surface area (TPSA) is 0 Å². The molecule has 9 heavy (non-hydrogen) atoms. The van der Waals surface area contributed by atoms with Crippen molar-refractivity contribution in [3.05, 3.63) is 0 Å². The summed E-state index contributed by atoms with van der Waals surface area (Å²) < 4.78 is 0. The maximum absolute atomic E-state index is 2.46. The number of fused-ring (bicyclic) bond motifs is 2. The molecule has 0 radical (unpaired) electrons. The summed E-state index contributed by atoms with van der Waals surface area (Å²) in [6.45, 7) is 4.92. The average molecular weight is 122 g/mol. The van der Waals surface area contributed by atoms with Gasteiger partial charge in [-0.05, 0) is 41.9 Å². The summed E-state index contributed by atoms with van der Waals surface area (Å²) >= 11 is 0. The summed E-state index contributed by atoms with van der Waals surface area (Å²) in [4.78, 5) is 0. The van der Waals surface area contributed by atoms with Crippen molar-refractivity contribution in [3.8, 4) is 0 Å². The molecule has 0 saturated heterocycles. The third-order valence-corrected chi connectivity index (χ3v) is 4.01. The van der Waals surface area contributed by atoms with Crippen LogP contribution in [0.1, 0.15) is 26.7 Å². The quantitative estimate of drug-likeness (QED) is 0.462. The Labute approximate surface area is 56.6 Å². The second-order valence-electron chi connectivity index (χ2n) is 4.87. The first-order chi connectivity index (χ1) is 4.22. The van der Waals surface area contributed by atoms with Gasteiger partial charge in [0.25, 0.3) is 0 Å². The second-order valence-corrected chi connectivity index (χ2v) is 4.87. The van der Waals surface area contributed by atoms with Gasteiger partial charge in [0.2, 0.25) is 0 Å². The molecule has 0 heterocycles. The van der Waals surface area contributed by atoms with Crippen LogP contribution in [0.2, 0.25) is 0 Å². The van der Waals surface area contributed by atoms with E-state index >= 15 is 0 Å². The smallest absolute Gasteiger partial charge is 0.0295 e. The van der Waals surface area contributed by atoms with Crippen LogP contribution >= 0.6 is 0 Å². The van der Waals surface area contributed by atoms with Crippen LogP contribution in [0.5, 0.6) is 0 Å². The predicted octanol–water partition coefficient (Wildman–Crippen LogP) is 2.30. The van der Waals surface area contributed by atoms with Crippen LogP contribution in [0.3, 0.4) is 0 Å². The third kappa shape index (κ3) is 0.367. The van der Waals surface area contributed by atoms with Gasteiger partial charge in [0.05, 0.1) is 0 Å². The van der Waals surface area contributed by atoms with Gasteiger partial charge in [0, 0.05) is 0 Å². The highest BCUT2D eigenvalue weighted by atomic mass is 14.8. The number of hydrogen-bond acceptors (Lipinski definition) is 0. The molecular formula is C9H14. The molecular weight excluding hydrogens is 108 g/mol. The van der Waals surface area contributed by atoms with Crippen LogP contribution in [-0.4, -0.2) is 0 Å². The molecule has 4 saturated carbocycles. The van der Waals surface area contributed by atoms with Gasteiger partial charge in [-0.15, -0.1) is 0 Å². The molecule has 2 unspecified atom stereocenters. The molecule has 0 nitrogen and oxygen atoms in total. The highest BCUT2D eigenvalue weighted by molar-refractivity contribution is 5.25. The molecule has 0 aromatic heterocycles. The van der Waals surface area contributed by atoms with Crippen molar-refractivity contribution in [1.82, 2.24) is 0 Å². The largest absolute Gasteiger partial charge is 0.0596 e. The van der Waals surface area contributed by atoms with E-state index in [-0.39, 0.29) is 0 Å². The monoisotopic (exact) mass is 122 g/mol. The molecule has 0 amide bonds. The summed E-state index contributed by atoms with van der Waals surface area (Å²) in [7, 11) is 0. The van der Waals surface area contributed by atoms with E-state index in [0.717, 1.165) is 5.41 Å². The fourth-order valence-corrected chi connectivity index (χ4v) is 3.31. The highest BCUT2D eigenvalue weighted by Gasteiger charge is 2.78. The summed E-state index contributed by atoms with van der Waals surface area (Å²) in [5.41, 5.74) is 0.740. The second kappa shape index (κ2) is 0.980. The van der Waals surface area contributed by atoms with E-state index in [1.54, 1.807) is 6.42 Å². The van der Waals surface area contributed by atoms with Gasteiger partial charge < -0.3 is 0 Å². The fourth-order valence-electron chi connectivity index (χ4n) is 3.31. The normalized spacial score (nSPS) is 64.7. The van der Waals surface area contributed by atoms with Gasteiger partial charge in [0.1, 0.15) is 0 Å². The molecule has 0 aliphatic heterocycles. The Morgan fingerprint density at radius 2 is 1.89 bits per heavy atom. The zero-order valence-corrected chi connectivity index (χ0v) is 6.22. The zero-order chi connectivity index (χ0) is 6.22. The Hall–Kier alpha value is 0. The molecule has 50 valence electrons. The van der Waals surface area contributed by atoms with E-state index in [2.05, 4.69) is 13.8 Å². The van der Waals surface area contributed by atoms with Crippen LogP contribution < -0.4 is 0 Å². The lowest BCUT2D eigenvalue weighted by molar-refractivity contribution is 0.137. The van der Waals surface area contributed by atoms with Gasteiger partial charge in [-0.1, -0.05) is 13.8 Å². The molecule has 0 heteroatoms. The number of hydrogen-bond donors (Lipinski definition) is 0. The molecule has 2 bridgehead atoms. The Morgan fingerprint density at radius 1 is 1.22 bits per heavy atom. The molecule has 0 N–H and O–H groups in total. The molecule has 0 aromatic carbocycles. The van der Waals surface area contributed by atoms with Gasteiger partial charge in [-0.25, -0.2) is 0 Å². The standard InChI is InChI=1S/C9H14/c1-9(2)4-3-5-6-7(5)8(6)9/h5-8H,3-4H2,1-2H3/t5?,6-,7+,8?. The third-order valence-electron chi connectivity index (χ3n) is 4.01. The first-order valence-electron chi connectivity index (χ1n) is 4.22. The zero-order valence-electron chi connectivity index (χ0n) is 6.22. The molecule has 4 fully saturated rings. The maximum Gasteiger partial charge on any atom is -0.0295 e. The Bertz CT molecular complexity index is 159. The number of rotatable bonds is 0. The van der Waals surface area contributed by atoms with Crippen LogP contribution in [0.25, 0.3) is 0 Å². The van der Waals surface area contributed by atoms with Gasteiger partial charge in [-0.3, -0.25) is 0 Å². The van der Waals surface area contributed by atoms with Crippen molar-refractivity contribution >= 4 is 0 Å². The van der Waals surface area contributed by atoms with Gasteiger partial charge in [0.15, 0.2) is 0 Å². The summed E-state index contributed by atoms with van der Waals surface area (Å²) in [6, 6.07) is 0. The molecule has 0 spiro atoms. The highest BCUT2D eigenvalue weighted by Crippen LogP contribution is 2.83. The summed E-state index contributed by atoms with van der Waals surface area (Å²) in [5.74, 6) is 4.86. The van der Waals surface area contributed by atoms with Crippen molar-refractivity contribution in [2.24, 2.45) is 29.1 Å². The van der Waals surface area contributed by atoms with Crippen molar-refractivity contribution in [2.45, 2.75) is 26.7 Å².